The highest BCUT2D eigenvalue weighted by Crippen LogP contribution is 2.24. The molecule has 6 nitrogen and oxygen atoms in total. The second-order valence-corrected chi connectivity index (χ2v) is 5.88. The standard InChI is InChI=1S/C12H12N4O2S/c1-8(11-13-6-7-14-11)15-12-9-4-2-3-5-10(9)19(17,18)16-12/h2-8H,1H3,(H,13,14)(H,15,16). The van der Waals surface area contributed by atoms with Gasteiger partial charge in [-0.25, -0.2) is 13.4 Å². The van der Waals surface area contributed by atoms with Gasteiger partial charge in [0.15, 0.2) is 0 Å². The Morgan fingerprint density at radius 1 is 1.32 bits per heavy atom. The number of imidazole rings is 1. The Kier molecular flexibility index (Phi) is 2.63. The number of aromatic amines is 1. The quantitative estimate of drug-likeness (QED) is 0.864. The minimum absolute atomic E-state index is 0.251. The summed E-state index contributed by atoms with van der Waals surface area (Å²) in [5.41, 5.74) is 0.598. The first kappa shape index (κ1) is 11.9. The van der Waals surface area contributed by atoms with Crippen LogP contribution in [-0.4, -0.2) is 24.2 Å². The lowest BCUT2D eigenvalue weighted by Gasteiger charge is -2.04. The van der Waals surface area contributed by atoms with Crippen molar-refractivity contribution in [1.29, 1.82) is 0 Å². The van der Waals surface area contributed by atoms with Gasteiger partial charge in [0, 0.05) is 18.0 Å². The normalized spacial score (nSPS) is 19.9. The summed E-state index contributed by atoms with van der Waals surface area (Å²) in [5, 5.41) is 0. The minimum Gasteiger partial charge on any atom is -0.347 e. The van der Waals surface area contributed by atoms with Crippen LogP contribution in [0.25, 0.3) is 0 Å². The van der Waals surface area contributed by atoms with Gasteiger partial charge in [-0.3, -0.25) is 9.71 Å². The lowest BCUT2D eigenvalue weighted by molar-refractivity contribution is 0.595. The van der Waals surface area contributed by atoms with Crippen molar-refractivity contribution in [2.24, 2.45) is 4.99 Å². The van der Waals surface area contributed by atoms with Crippen molar-refractivity contribution < 1.29 is 8.42 Å². The maximum absolute atomic E-state index is 11.9. The van der Waals surface area contributed by atoms with Crippen LogP contribution < -0.4 is 4.72 Å². The van der Waals surface area contributed by atoms with Crippen LogP contribution in [0.4, 0.5) is 0 Å². The number of amidine groups is 1. The number of H-pyrrole nitrogens is 1. The number of nitrogens with zero attached hydrogens (tertiary/aromatic N) is 2. The van der Waals surface area contributed by atoms with Crippen LogP contribution in [0.3, 0.4) is 0 Å². The van der Waals surface area contributed by atoms with Crippen molar-refractivity contribution in [3.8, 4) is 0 Å². The molecule has 1 atom stereocenters. The van der Waals surface area contributed by atoms with Crippen molar-refractivity contribution in [3.05, 3.63) is 48.0 Å². The largest absolute Gasteiger partial charge is 0.347 e. The highest BCUT2D eigenvalue weighted by Gasteiger charge is 2.30. The van der Waals surface area contributed by atoms with Gasteiger partial charge >= 0.3 is 0 Å². The van der Waals surface area contributed by atoms with E-state index in [1.165, 1.54) is 0 Å². The van der Waals surface area contributed by atoms with Crippen molar-refractivity contribution in [3.63, 3.8) is 0 Å². The van der Waals surface area contributed by atoms with Crippen LogP contribution in [0.5, 0.6) is 0 Å². The van der Waals surface area contributed by atoms with Gasteiger partial charge in [0.1, 0.15) is 17.7 Å². The van der Waals surface area contributed by atoms with Gasteiger partial charge < -0.3 is 4.98 Å². The Morgan fingerprint density at radius 2 is 2.11 bits per heavy atom. The molecule has 19 heavy (non-hydrogen) atoms. The zero-order valence-corrected chi connectivity index (χ0v) is 11.0. The number of hydrogen-bond acceptors (Lipinski definition) is 4. The van der Waals surface area contributed by atoms with E-state index in [1.54, 1.807) is 36.7 Å². The third kappa shape index (κ3) is 2.01. The smallest absolute Gasteiger partial charge is 0.263 e. The number of aromatic nitrogens is 2. The van der Waals surface area contributed by atoms with Crippen LogP contribution in [-0.2, 0) is 10.0 Å². The summed E-state index contributed by atoms with van der Waals surface area (Å²) in [6.07, 6.45) is 3.34. The molecule has 0 saturated heterocycles. The number of sulfonamides is 1. The Balaban J connectivity index is 2.05. The molecule has 0 radical (unpaired) electrons. The second-order valence-electron chi connectivity index (χ2n) is 4.23. The SMILES string of the molecule is CC(N=C1NS(=O)(=O)c2ccccc21)c1ncc[nH]1. The average molecular weight is 276 g/mol. The molecule has 0 fully saturated rings. The summed E-state index contributed by atoms with van der Waals surface area (Å²) in [5.74, 6) is 1.05. The lowest BCUT2D eigenvalue weighted by atomic mass is 10.2. The maximum atomic E-state index is 11.9. The summed E-state index contributed by atoms with van der Waals surface area (Å²) >= 11 is 0. The van der Waals surface area contributed by atoms with Crippen molar-refractivity contribution >= 4 is 15.9 Å². The van der Waals surface area contributed by atoms with E-state index in [0.717, 1.165) is 0 Å². The Hall–Kier alpha value is -2.15. The number of aliphatic imine (C=N–C) groups is 1. The van der Waals surface area contributed by atoms with E-state index in [4.69, 9.17) is 0 Å². The van der Waals surface area contributed by atoms with E-state index in [0.29, 0.717) is 17.2 Å². The van der Waals surface area contributed by atoms with E-state index in [2.05, 4.69) is 19.7 Å². The van der Waals surface area contributed by atoms with Crippen LogP contribution >= 0.6 is 0 Å². The third-order valence-corrected chi connectivity index (χ3v) is 4.30. The average Bonchev–Trinajstić information content (AvgIpc) is 2.98. The molecule has 98 valence electrons. The highest BCUT2D eigenvalue weighted by molar-refractivity contribution is 7.90. The molecule has 1 aliphatic heterocycles. The topological polar surface area (TPSA) is 87.2 Å². The van der Waals surface area contributed by atoms with Crippen molar-refractivity contribution in [1.82, 2.24) is 14.7 Å². The molecule has 0 bridgehead atoms. The summed E-state index contributed by atoms with van der Waals surface area (Å²) in [4.78, 5) is 11.7. The fourth-order valence-electron chi connectivity index (χ4n) is 1.99. The molecule has 1 aliphatic rings. The molecular formula is C12H12N4O2S. The Labute approximate surface area is 110 Å². The molecule has 0 spiro atoms. The monoisotopic (exact) mass is 276 g/mol. The summed E-state index contributed by atoms with van der Waals surface area (Å²) < 4.78 is 26.3. The van der Waals surface area contributed by atoms with Crippen LogP contribution in [0.1, 0.15) is 24.4 Å². The number of fused-ring (bicyclic) bond motifs is 1. The summed E-state index contributed by atoms with van der Waals surface area (Å²) in [6, 6.07) is 6.53. The van der Waals surface area contributed by atoms with Crippen LogP contribution in [0, 0.1) is 0 Å². The van der Waals surface area contributed by atoms with Gasteiger partial charge in [0.2, 0.25) is 0 Å². The number of nitrogens with one attached hydrogen (secondary N) is 2. The van der Waals surface area contributed by atoms with Crippen LogP contribution in [0.2, 0.25) is 0 Å². The summed E-state index contributed by atoms with van der Waals surface area (Å²) in [7, 11) is -3.48. The van der Waals surface area contributed by atoms with E-state index in [1.807, 2.05) is 6.92 Å². The lowest BCUT2D eigenvalue weighted by Crippen LogP contribution is -2.22. The first-order chi connectivity index (χ1) is 9.08. The van der Waals surface area contributed by atoms with E-state index < -0.39 is 10.0 Å². The van der Waals surface area contributed by atoms with E-state index in [-0.39, 0.29) is 10.9 Å². The molecule has 1 aromatic carbocycles. The number of benzene rings is 1. The van der Waals surface area contributed by atoms with E-state index in [9.17, 15) is 8.42 Å². The minimum atomic E-state index is -3.48. The van der Waals surface area contributed by atoms with Gasteiger partial charge in [-0.05, 0) is 19.1 Å². The molecule has 0 saturated carbocycles. The van der Waals surface area contributed by atoms with Crippen molar-refractivity contribution in [2.45, 2.75) is 17.9 Å². The molecular weight excluding hydrogens is 264 g/mol. The fourth-order valence-corrected chi connectivity index (χ4v) is 3.23. The molecule has 0 amide bonds. The first-order valence-corrected chi connectivity index (χ1v) is 7.25. The molecule has 3 rings (SSSR count). The van der Waals surface area contributed by atoms with Gasteiger partial charge in [-0.1, -0.05) is 12.1 Å². The summed E-state index contributed by atoms with van der Waals surface area (Å²) in [6.45, 7) is 1.85. The van der Waals surface area contributed by atoms with Gasteiger partial charge in [0.05, 0.1) is 4.90 Å². The zero-order valence-electron chi connectivity index (χ0n) is 10.2. The molecule has 1 aromatic heterocycles. The molecule has 0 aliphatic carbocycles. The highest BCUT2D eigenvalue weighted by atomic mass is 32.2. The maximum Gasteiger partial charge on any atom is 0.263 e. The fraction of sp³-hybridized carbons (Fsp3) is 0.167. The predicted octanol–water partition coefficient (Wildman–Crippen LogP) is 1.21. The van der Waals surface area contributed by atoms with Crippen LogP contribution in [0.15, 0.2) is 46.5 Å². The number of hydrogen-bond donors (Lipinski definition) is 2. The molecule has 1 unspecified atom stereocenters. The molecule has 7 heteroatoms. The molecule has 2 N–H and O–H groups in total. The third-order valence-electron chi connectivity index (χ3n) is 2.90. The molecule has 2 heterocycles. The van der Waals surface area contributed by atoms with Gasteiger partial charge in [-0.2, -0.15) is 0 Å². The second kappa shape index (κ2) is 4.20. The van der Waals surface area contributed by atoms with E-state index >= 15 is 0 Å². The first-order valence-electron chi connectivity index (χ1n) is 5.77. The van der Waals surface area contributed by atoms with Gasteiger partial charge in [-0.15, -0.1) is 0 Å². The zero-order chi connectivity index (χ0) is 13.5. The van der Waals surface area contributed by atoms with Crippen molar-refractivity contribution in [2.75, 3.05) is 0 Å². The Morgan fingerprint density at radius 3 is 2.84 bits per heavy atom. The predicted molar refractivity (Wildman–Crippen MR) is 70.3 cm³/mol. The Bertz CT molecular complexity index is 735. The molecule has 2 aromatic rings. The van der Waals surface area contributed by atoms with Gasteiger partial charge in [0.25, 0.3) is 10.0 Å². The number of rotatable bonds is 2.